The third kappa shape index (κ3) is 3.42. The molecular weight excluding hydrogens is 252 g/mol. The van der Waals surface area contributed by atoms with Crippen LogP contribution in [0, 0.1) is 5.92 Å². The molecule has 0 unspecified atom stereocenters. The molecule has 110 valence electrons. The van der Waals surface area contributed by atoms with E-state index in [1.165, 1.54) is 0 Å². The number of hydrogen-bond acceptors (Lipinski definition) is 4. The molecule has 1 aromatic carbocycles. The molecule has 4 N–H and O–H groups in total. The van der Waals surface area contributed by atoms with E-state index >= 15 is 0 Å². The summed E-state index contributed by atoms with van der Waals surface area (Å²) in [6, 6.07) is 5.08. The van der Waals surface area contributed by atoms with Crippen LogP contribution in [0.1, 0.15) is 24.2 Å². The van der Waals surface area contributed by atoms with E-state index in [0.29, 0.717) is 22.9 Å². The summed E-state index contributed by atoms with van der Waals surface area (Å²) in [5, 5.41) is 0. The monoisotopic (exact) mass is 276 g/mol. The van der Waals surface area contributed by atoms with E-state index in [1.807, 2.05) is 4.90 Å². The van der Waals surface area contributed by atoms with Crippen molar-refractivity contribution in [3.05, 3.63) is 23.8 Å². The van der Waals surface area contributed by atoms with Crippen molar-refractivity contribution in [3.63, 3.8) is 0 Å². The molecule has 1 fully saturated rings. The molecule has 0 radical (unpaired) electrons. The molecule has 1 aromatic rings. The zero-order chi connectivity index (χ0) is 14.7. The van der Waals surface area contributed by atoms with Crippen LogP contribution in [-0.4, -0.2) is 48.4 Å². The number of nitrogen functional groups attached to an aromatic ring is 2. The Labute approximate surface area is 120 Å². The molecule has 20 heavy (non-hydrogen) atoms. The predicted octanol–water partition coefficient (Wildman–Crippen LogP) is 1.26. The minimum atomic E-state index is 0.00620. The van der Waals surface area contributed by atoms with E-state index in [9.17, 15) is 4.79 Å². The first-order chi connectivity index (χ1) is 9.47. The summed E-state index contributed by atoms with van der Waals surface area (Å²) in [6.45, 7) is 8.90. The van der Waals surface area contributed by atoms with E-state index < -0.39 is 0 Å². The van der Waals surface area contributed by atoms with Crippen LogP contribution in [0.3, 0.4) is 0 Å². The van der Waals surface area contributed by atoms with Gasteiger partial charge in [-0.2, -0.15) is 0 Å². The van der Waals surface area contributed by atoms with E-state index in [2.05, 4.69) is 18.7 Å². The van der Waals surface area contributed by atoms with Gasteiger partial charge in [0.25, 0.3) is 5.91 Å². The van der Waals surface area contributed by atoms with Crippen LogP contribution in [0.2, 0.25) is 0 Å². The number of carbonyl (C=O) groups excluding carboxylic acids is 1. The average Bonchev–Trinajstić information content (AvgIpc) is 2.38. The molecule has 5 heteroatoms. The number of piperazine rings is 1. The topological polar surface area (TPSA) is 75.6 Å². The number of hydrogen-bond donors (Lipinski definition) is 2. The first kappa shape index (κ1) is 14.7. The zero-order valence-electron chi connectivity index (χ0n) is 12.3. The van der Waals surface area contributed by atoms with Gasteiger partial charge in [-0.3, -0.25) is 9.69 Å². The highest BCUT2D eigenvalue weighted by Crippen LogP contribution is 2.18. The lowest BCUT2D eigenvalue weighted by Gasteiger charge is -2.35. The Morgan fingerprint density at radius 1 is 1.20 bits per heavy atom. The van der Waals surface area contributed by atoms with Crippen molar-refractivity contribution >= 4 is 17.3 Å². The Morgan fingerprint density at radius 2 is 1.85 bits per heavy atom. The molecule has 0 bridgehead atoms. The maximum absolute atomic E-state index is 12.4. The van der Waals surface area contributed by atoms with Gasteiger partial charge in [0.2, 0.25) is 0 Å². The molecule has 0 aromatic heterocycles. The Bertz CT molecular complexity index is 479. The van der Waals surface area contributed by atoms with Crippen molar-refractivity contribution in [1.29, 1.82) is 0 Å². The summed E-state index contributed by atoms with van der Waals surface area (Å²) in [5.74, 6) is 0.664. The summed E-state index contributed by atoms with van der Waals surface area (Å²) in [6.07, 6.45) is 0. The molecule has 0 spiro atoms. The minimum absolute atomic E-state index is 0.00620. The number of anilines is 2. The molecule has 5 nitrogen and oxygen atoms in total. The van der Waals surface area contributed by atoms with Gasteiger partial charge in [-0.1, -0.05) is 13.8 Å². The van der Waals surface area contributed by atoms with E-state index in [0.717, 1.165) is 32.7 Å². The van der Waals surface area contributed by atoms with Gasteiger partial charge in [0.1, 0.15) is 0 Å². The van der Waals surface area contributed by atoms with E-state index in [1.54, 1.807) is 18.2 Å². The van der Waals surface area contributed by atoms with Crippen LogP contribution in [0.5, 0.6) is 0 Å². The van der Waals surface area contributed by atoms with Crippen LogP contribution >= 0.6 is 0 Å². The highest BCUT2D eigenvalue weighted by atomic mass is 16.2. The first-order valence-corrected chi connectivity index (χ1v) is 7.14. The second-order valence-corrected chi connectivity index (χ2v) is 5.83. The van der Waals surface area contributed by atoms with Gasteiger partial charge < -0.3 is 16.4 Å². The standard InChI is InChI=1S/C15H24N4O/c1-11(2)10-18-5-7-19(8-6-18)15(20)13-4-3-12(16)9-14(13)17/h3-4,9,11H,5-8,10,16-17H2,1-2H3. The van der Waals surface area contributed by atoms with Crippen molar-refractivity contribution in [2.45, 2.75) is 13.8 Å². The second-order valence-electron chi connectivity index (χ2n) is 5.83. The summed E-state index contributed by atoms with van der Waals surface area (Å²) in [5.41, 5.74) is 13.1. The number of carbonyl (C=O) groups is 1. The van der Waals surface area contributed by atoms with Gasteiger partial charge in [0.05, 0.1) is 5.56 Å². The number of nitrogens with zero attached hydrogens (tertiary/aromatic N) is 2. The lowest BCUT2D eigenvalue weighted by atomic mass is 10.1. The third-order valence-electron chi connectivity index (χ3n) is 3.59. The van der Waals surface area contributed by atoms with Crippen LogP contribution in [0.15, 0.2) is 18.2 Å². The van der Waals surface area contributed by atoms with Crippen LogP contribution in [0.4, 0.5) is 11.4 Å². The predicted molar refractivity (Wildman–Crippen MR) is 82.4 cm³/mol. The van der Waals surface area contributed by atoms with Gasteiger partial charge >= 0.3 is 0 Å². The van der Waals surface area contributed by atoms with Crippen LogP contribution < -0.4 is 11.5 Å². The van der Waals surface area contributed by atoms with Crippen LogP contribution in [0.25, 0.3) is 0 Å². The van der Waals surface area contributed by atoms with Gasteiger partial charge in [-0.15, -0.1) is 0 Å². The zero-order valence-corrected chi connectivity index (χ0v) is 12.3. The smallest absolute Gasteiger partial charge is 0.256 e. The van der Waals surface area contributed by atoms with Crippen molar-refractivity contribution < 1.29 is 4.79 Å². The molecular formula is C15H24N4O. The lowest BCUT2D eigenvalue weighted by Crippen LogP contribution is -2.49. The Balaban J connectivity index is 1.98. The fraction of sp³-hybridized carbons (Fsp3) is 0.533. The van der Waals surface area contributed by atoms with Gasteiger partial charge in [-0.05, 0) is 24.1 Å². The molecule has 2 rings (SSSR count). The molecule has 0 aliphatic carbocycles. The highest BCUT2D eigenvalue weighted by Gasteiger charge is 2.23. The first-order valence-electron chi connectivity index (χ1n) is 7.14. The average molecular weight is 276 g/mol. The Morgan fingerprint density at radius 3 is 2.40 bits per heavy atom. The van der Waals surface area contributed by atoms with Crippen molar-refractivity contribution in [3.8, 4) is 0 Å². The summed E-state index contributed by atoms with van der Waals surface area (Å²) in [7, 11) is 0. The fourth-order valence-electron chi connectivity index (χ4n) is 2.60. The maximum atomic E-state index is 12.4. The van der Waals surface area contributed by atoms with Gasteiger partial charge in [0.15, 0.2) is 0 Å². The summed E-state index contributed by atoms with van der Waals surface area (Å²) >= 11 is 0. The lowest BCUT2D eigenvalue weighted by molar-refractivity contribution is 0.0625. The summed E-state index contributed by atoms with van der Waals surface area (Å²) < 4.78 is 0. The van der Waals surface area contributed by atoms with Gasteiger partial charge in [-0.25, -0.2) is 0 Å². The molecule has 1 aliphatic rings. The number of amides is 1. The minimum Gasteiger partial charge on any atom is -0.399 e. The second kappa shape index (κ2) is 6.13. The highest BCUT2D eigenvalue weighted by molar-refractivity contribution is 5.99. The Hall–Kier alpha value is -1.75. The molecule has 0 atom stereocenters. The molecule has 0 saturated carbocycles. The molecule has 1 saturated heterocycles. The molecule has 1 heterocycles. The van der Waals surface area contributed by atoms with E-state index in [4.69, 9.17) is 11.5 Å². The molecule has 1 amide bonds. The van der Waals surface area contributed by atoms with Crippen molar-refractivity contribution in [2.75, 3.05) is 44.2 Å². The van der Waals surface area contributed by atoms with Gasteiger partial charge in [0, 0.05) is 44.1 Å². The third-order valence-corrected chi connectivity index (χ3v) is 3.59. The number of nitrogens with two attached hydrogens (primary N) is 2. The number of rotatable bonds is 3. The Kier molecular flexibility index (Phi) is 4.49. The fourth-order valence-corrected chi connectivity index (χ4v) is 2.60. The SMILES string of the molecule is CC(C)CN1CCN(C(=O)c2ccc(N)cc2N)CC1. The maximum Gasteiger partial charge on any atom is 0.256 e. The molecule has 1 aliphatic heterocycles. The quantitative estimate of drug-likeness (QED) is 0.815. The van der Waals surface area contributed by atoms with Crippen molar-refractivity contribution in [1.82, 2.24) is 9.80 Å². The van der Waals surface area contributed by atoms with Crippen LogP contribution in [-0.2, 0) is 0 Å². The number of benzene rings is 1. The van der Waals surface area contributed by atoms with Crippen molar-refractivity contribution in [2.24, 2.45) is 5.92 Å². The normalized spacial score (nSPS) is 16.6. The summed E-state index contributed by atoms with van der Waals surface area (Å²) in [4.78, 5) is 16.7. The van der Waals surface area contributed by atoms with E-state index in [-0.39, 0.29) is 5.91 Å². The largest absolute Gasteiger partial charge is 0.399 e.